The number of ether oxygens (including phenoxy) is 1. The quantitative estimate of drug-likeness (QED) is 0.660. The number of aromatic nitrogens is 1. The lowest BCUT2D eigenvalue weighted by Crippen LogP contribution is -2.56. The number of rotatable bonds is 7. The standard InChI is InChI=1S/C21H34N4O3/c1-4-16(5-2)27-20-11-15(10-17(22)21(20)24-13(3)26)18-12-19(28-25-18)14-6-8-23-9-7-14/h11-12,14,16-17,20-21,23H,4-10,22H2,1-3H3,(H,24,26)/t17-,20+,21+/m0/s1. The zero-order valence-electron chi connectivity index (χ0n) is 17.2. The van der Waals surface area contributed by atoms with Gasteiger partial charge in [-0.05, 0) is 56.8 Å². The van der Waals surface area contributed by atoms with Crippen LogP contribution in [-0.4, -0.2) is 48.4 Å². The van der Waals surface area contributed by atoms with E-state index in [9.17, 15) is 4.79 Å². The molecule has 0 unspecified atom stereocenters. The summed E-state index contributed by atoms with van der Waals surface area (Å²) in [7, 11) is 0. The summed E-state index contributed by atoms with van der Waals surface area (Å²) in [6.07, 6.45) is 6.54. The molecule has 1 aromatic rings. The molecule has 0 radical (unpaired) electrons. The second-order valence-corrected chi connectivity index (χ2v) is 7.96. The molecule has 1 aliphatic carbocycles. The molecule has 3 atom stereocenters. The van der Waals surface area contributed by atoms with E-state index >= 15 is 0 Å². The van der Waals surface area contributed by atoms with Gasteiger partial charge in [-0.2, -0.15) is 0 Å². The number of piperidine rings is 1. The Morgan fingerprint density at radius 1 is 1.39 bits per heavy atom. The van der Waals surface area contributed by atoms with Crippen molar-refractivity contribution in [1.82, 2.24) is 15.8 Å². The summed E-state index contributed by atoms with van der Waals surface area (Å²) in [6, 6.07) is 1.58. The average Bonchev–Trinajstić information content (AvgIpc) is 3.19. The molecular formula is C21H34N4O3. The van der Waals surface area contributed by atoms with Gasteiger partial charge in [-0.15, -0.1) is 0 Å². The van der Waals surface area contributed by atoms with E-state index in [-0.39, 0.29) is 30.2 Å². The second kappa shape index (κ2) is 9.67. The number of carbonyl (C=O) groups excluding carboxylic acids is 1. The number of amides is 1. The van der Waals surface area contributed by atoms with Crippen LogP contribution < -0.4 is 16.4 Å². The maximum atomic E-state index is 11.7. The normalized spacial score (nSPS) is 26.3. The van der Waals surface area contributed by atoms with Gasteiger partial charge < -0.3 is 25.6 Å². The monoisotopic (exact) mass is 390 g/mol. The van der Waals surface area contributed by atoms with Crippen molar-refractivity contribution < 1.29 is 14.1 Å². The molecule has 7 heteroatoms. The summed E-state index contributed by atoms with van der Waals surface area (Å²) >= 11 is 0. The van der Waals surface area contributed by atoms with Crippen LogP contribution in [0.2, 0.25) is 0 Å². The molecule has 1 aliphatic heterocycles. The molecule has 156 valence electrons. The fourth-order valence-corrected chi connectivity index (χ4v) is 4.18. The van der Waals surface area contributed by atoms with Gasteiger partial charge in [-0.1, -0.05) is 19.0 Å². The lowest BCUT2D eigenvalue weighted by molar-refractivity contribution is -0.121. The summed E-state index contributed by atoms with van der Waals surface area (Å²) in [6.45, 7) is 7.76. The number of hydrogen-bond donors (Lipinski definition) is 3. The molecule has 28 heavy (non-hydrogen) atoms. The minimum absolute atomic E-state index is 0.0925. The maximum Gasteiger partial charge on any atom is 0.217 e. The van der Waals surface area contributed by atoms with Gasteiger partial charge >= 0.3 is 0 Å². The average molecular weight is 391 g/mol. The van der Waals surface area contributed by atoms with E-state index in [4.69, 9.17) is 15.0 Å². The van der Waals surface area contributed by atoms with Gasteiger partial charge in [0, 0.05) is 24.9 Å². The molecule has 7 nitrogen and oxygen atoms in total. The van der Waals surface area contributed by atoms with Crippen LogP contribution >= 0.6 is 0 Å². The van der Waals surface area contributed by atoms with E-state index in [2.05, 4.69) is 41.8 Å². The molecule has 2 heterocycles. The van der Waals surface area contributed by atoms with Crippen LogP contribution in [0.25, 0.3) is 5.57 Å². The van der Waals surface area contributed by atoms with E-state index in [1.165, 1.54) is 6.92 Å². The highest BCUT2D eigenvalue weighted by Crippen LogP contribution is 2.32. The first-order valence-corrected chi connectivity index (χ1v) is 10.6. The Morgan fingerprint density at radius 2 is 2.11 bits per heavy atom. The van der Waals surface area contributed by atoms with Gasteiger partial charge in [-0.25, -0.2) is 0 Å². The fraction of sp³-hybridized carbons (Fsp3) is 0.714. The van der Waals surface area contributed by atoms with Crippen molar-refractivity contribution in [1.29, 1.82) is 0 Å². The summed E-state index contributed by atoms with van der Waals surface area (Å²) in [5, 5.41) is 10.7. The van der Waals surface area contributed by atoms with E-state index in [1.807, 2.05) is 0 Å². The number of nitrogens with two attached hydrogens (primary N) is 1. The third-order valence-corrected chi connectivity index (χ3v) is 5.87. The number of nitrogens with one attached hydrogen (secondary N) is 2. The van der Waals surface area contributed by atoms with Gasteiger partial charge in [0.25, 0.3) is 0 Å². The van der Waals surface area contributed by atoms with Crippen molar-refractivity contribution in [2.75, 3.05) is 13.1 Å². The smallest absolute Gasteiger partial charge is 0.217 e. The van der Waals surface area contributed by atoms with Gasteiger partial charge in [-0.3, -0.25) is 4.79 Å². The van der Waals surface area contributed by atoms with Crippen molar-refractivity contribution in [3.63, 3.8) is 0 Å². The fourth-order valence-electron chi connectivity index (χ4n) is 4.18. The Morgan fingerprint density at radius 3 is 2.75 bits per heavy atom. The van der Waals surface area contributed by atoms with E-state index in [1.54, 1.807) is 0 Å². The minimum Gasteiger partial charge on any atom is -0.369 e. The first kappa shape index (κ1) is 21.0. The largest absolute Gasteiger partial charge is 0.369 e. The Labute approximate surface area is 167 Å². The molecule has 1 aromatic heterocycles. The highest BCUT2D eigenvalue weighted by atomic mass is 16.5. The van der Waals surface area contributed by atoms with Crippen LogP contribution in [0.15, 0.2) is 16.7 Å². The summed E-state index contributed by atoms with van der Waals surface area (Å²) < 4.78 is 12.0. The van der Waals surface area contributed by atoms with E-state index < -0.39 is 0 Å². The Bertz CT molecular complexity index is 677. The molecule has 0 saturated carbocycles. The van der Waals surface area contributed by atoms with Gasteiger partial charge in [0.2, 0.25) is 5.91 Å². The van der Waals surface area contributed by atoms with Crippen molar-refractivity contribution in [3.8, 4) is 0 Å². The second-order valence-electron chi connectivity index (χ2n) is 7.96. The molecule has 4 N–H and O–H groups in total. The van der Waals surface area contributed by atoms with Crippen molar-refractivity contribution in [2.24, 2.45) is 5.73 Å². The zero-order valence-corrected chi connectivity index (χ0v) is 17.2. The highest BCUT2D eigenvalue weighted by molar-refractivity contribution is 5.74. The topological polar surface area (TPSA) is 102 Å². The van der Waals surface area contributed by atoms with Gasteiger partial charge in [0.15, 0.2) is 0 Å². The van der Waals surface area contributed by atoms with Crippen molar-refractivity contribution in [2.45, 2.75) is 83.1 Å². The van der Waals surface area contributed by atoms with Gasteiger partial charge in [0.05, 0.1) is 18.2 Å². The molecule has 0 aromatic carbocycles. The molecule has 1 saturated heterocycles. The lowest BCUT2D eigenvalue weighted by atomic mass is 9.86. The van der Waals surface area contributed by atoms with E-state index in [0.29, 0.717) is 12.3 Å². The number of carbonyl (C=O) groups is 1. The summed E-state index contributed by atoms with van der Waals surface area (Å²) in [5.74, 6) is 1.28. The van der Waals surface area contributed by atoms with Crippen LogP contribution in [0.5, 0.6) is 0 Å². The van der Waals surface area contributed by atoms with Crippen LogP contribution in [0.3, 0.4) is 0 Å². The molecular weight excluding hydrogens is 356 g/mol. The Balaban J connectivity index is 1.82. The molecule has 1 fully saturated rings. The van der Waals surface area contributed by atoms with E-state index in [0.717, 1.165) is 55.8 Å². The first-order chi connectivity index (χ1) is 13.5. The van der Waals surface area contributed by atoms with Crippen molar-refractivity contribution >= 4 is 11.5 Å². The number of nitrogens with zero attached hydrogens (tertiary/aromatic N) is 1. The first-order valence-electron chi connectivity index (χ1n) is 10.6. The summed E-state index contributed by atoms with van der Waals surface area (Å²) in [4.78, 5) is 11.7. The molecule has 3 rings (SSSR count). The van der Waals surface area contributed by atoms with Crippen LogP contribution in [0.1, 0.15) is 70.2 Å². The molecule has 0 spiro atoms. The third kappa shape index (κ3) is 5.01. The van der Waals surface area contributed by atoms with Crippen molar-refractivity contribution in [3.05, 3.63) is 23.6 Å². The molecule has 2 aliphatic rings. The highest BCUT2D eigenvalue weighted by Gasteiger charge is 2.35. The predicted octanol–water partition coefficient (Wildman–Crippen LogP) is 2.33. The van der Waals surface area contributed by atoms with Gasteiger partial charge in [0.1, 0.15) is 11.5 Å². The number of hydrogen-bond acceptors (Lipinski definition) is 6. The zero-order chi connectivity index (χ0) is 20.1. The third-order valence-electron chi connectivity index (χ3n) is 5.87. The van der Waals surface area contributed by atoms with Crippen LogP contribution in [0, 0.1) is 0 Å². The molecule has 0 bridgehead atoms. The molecule has 1 amide bonds. The predicted molar refractivity (Wildman–Crippen MR) is 109 cm³/mol. The lowest BCUT2D eigenvalue weighted by Gasteiger charge is -2.36. The summed E-state index contributed by atoms with van der Waals surface area (Å²) in [5.41, 5.74) is 8.32. The SMILES string of the molecule is CCC(CC)O[C@@H]1C=C(c2cc(C3CCNCC3)on2)C[C@H](N)[C@H]1NC(C)=O. The van der Waals surface area contributed by atoms with Crippen LogP contribution in [-0.2, 0) is 9.53 Å². The van der Waals surface area contributed by atoms with Crippen LogP contribution in [0.4, 0.5) is 0 Å². The Kier molecular flexibility index (Phi) is 7.26. The minimum atomic E-state index is -0.272. The maximum absolute atomic E-state index is 11.7. The Hall–Kier alpha value is -1.70.